The van der Waals surface area contributed by atoms with Gasteiger partial charge in [0.2, 0.25) is 5.95 Å². The molecule has 25 heavy (non-hydrogen) atoms. The Morgan fingerprint density at radius 2 is 2.04 bits per heavy atom. The summed E-state index contributed by atoms with van der Waals surface area (Å²) in [7, 11) is 0. The van der Waals surface area contributed by atoms with E-state index in [1.807, 2.05) is 11.5 Å². The predicted molar refractivity (Wildman–Crippen MR) is 90.5 cm³/mol. The summed E-state index contributed by atoms with van der Waals surface area (Å²) in [6, 6.07) is 4.60. The molecule has 3 heterocycles. The summed E-state index contributed by atoms with van der Waals surface area (Å²) in [6.45, 7) is 3.95. The quantitative estimate of drug-likeness (QED) is 0.510. The maximum Gasteiger partial charge on any atom is 0.213 e. The van der Waals surface area contributed by atoms with E-state index in [1.54, 1.807) is 24.5 Å². The van der Waals surface area contributed by atoms with Crippen LogP contribution in [0.15, 0.2) is 36.8 Å². The third-order valence-corrected chi connectivity index (χ3v) is 3.76. The number of nitrogens with zero attached hydrogens (tertiary/aromatic N) is 5. The fraction of sp³-hybridized carbons (Fsp3) is 0.278. The van der Waals surface area contributed by atoms with Gasteiger partial charge in [-0.25, -0.2) is 15.0 Å². The van der Waals surface area contributed by atoms with Crippen LogP contribution in [0.3, 0.4) is 0 Å². The number of pyridine rings is 1. The summed E-state index contributed by atoms with van der Waals surface area (Å²) >= 11 is 0. The topological polar surface area (TPSA) is 73.6 Å². The summed E-state index contributed by atoms with van der Waals surface area (Å²) < 4.78 is 15.2. The number of carbonyl (C=O) groups excluding carboxylic acids is 1. The van der Waals surface area contributed by atoms with Crippen LogP contribution in [0.5, 0.6) is 0 Å². The highest BCUT2D eigenvalue weighted by Crippen LogP contribution is 2.18. The van der Waals surface area contributed by atoms with Crippen molar-refractivity contribution in [3.8, 4) is 11.5 Å². The highest BCUT2D eigenvalue weighted by atomic mass is 19.1. The molecule has 3 rings (SSSR count). The Labute approximate surface area is 144 Å². The largest absolute Gasteiger partial charge is 0.324 e. The molecule has 0 fully saturated rings. The second kappa shape index (κ2) is 7.29. The Morgan fingerprint density at radius 3 is 2.76 bits per heavy atom. The molecule has 0 N–H and O–H groups in total. The molecule has 0 aromatic carbocycles. The number of halogens is 1. The molecule has 7 heteroatoms. The first kappa shape index (κ1) is 16.9. The van der Waals surface area contributed by atoms with E-state index >= 15 is 0 Å². The van der Waals surface area contributed by atoms with E-state index in [0.717, 1.165) is 24.2 Å². The molecule has 0 radical (unpaired) electrons. The molecule has 0 amide bonds. The van der Waals surface area contributed by atoms with E-state index in [-0.39, 0.29) is 5.78 Å². The summed E-state index contributed by atoms with van der Waals surface area (Å²) in [5.74, 6) is -0.104. The van der Waals surface area contributed by atoms with Crippen molar-refractivity contribution in [2.75, 3.05) is 0 Å². The standard InChI is InChI=1S/C18H18FN5O/c1-3-5-13-16(21-10-15(22-13)12(2)25)11-24-9-8-20-18(24)14-6-4-7-17(19)23-14/h4,6-10H,3,5,11H2,1-2H3. The van der Waals surface area contributed by atoms with Crippen molar-refractivity contribution in [2.24, 2.45) is 0 Å². The maximum absolute atomic E-state index is 13.4. The van der Waals surface area contributed by atoms with Gasteiger partial charge in [-0.15, -0.1) is 0 Å². The highest BCUT2D eigenvalue weighted by Gasteiger charge is 2.14. The van der Waals surface area contributed by atoms with Crippen LogP contribution >= 0.6 is 0 Å². The van der Waals surface area contributed by atoms with Crippen molar-refractivity contribution in [3.05, 3.63) is 59.8 Å². The first-order valence-corrected chi connectivity index (χ1v) is 8.08. The Bertz CT molecular complexity index is 906. The Morgan fingerprint density at radius 1 is 1.20 bits per heavy atom. The number of aromatic nitrogens is 5. The normalized spacial score (nSPS) is 10.8. The van der Waals surface area contributed by atoms with Gasteiger partial charge in [-0.05, 0) is 18.6 Å². The molecule has 0 aliphatic heterocycles. The predicted octanol–water partition coefficient (Wildman–Crippen LogP) is 3.08. The first-order valence-electron chi connectivity index (χ1n) is 8.08. The molecule has 0 atom stereocenters. The van der Waals surface area contributed by atoms with Crippen LogP contribution in [-0.2, 0) is 13.0 Å². The van der Waals surface area contributed by atoms with Gasteiger partial charge in [-0.3, -0.25) is 9.78 Å². The summed E-state index contributed by atoms with van der Waals surface area (Å²) in [6.07, 6.45) is 6.54. The van der Waals surface area contributed by atoms with Crippen LogP contribution in [0.2, 0.25) is 0 Å². The zero-order chi connectivity index (χ0) is 17.8. The average molecular weight is 339 g/mol. The molecule has 0 saturated heterocycles. The number of imidazole rings is 1. The van der Waals surface area contributed by atoms with Gasteiger partial charge < -0.3 is 4.57 Å². The van der Waals surface area contributed by atoms with Gasteiger partial charge >= 0.3 is 0 Å². The minimum Gasteiger partial charge on any atom is -0.324 e. The van der Waals surface area contributed by atoms with Gasteiger partial charge in [0.25, 0.3) is 0 Å². The Balaban J connectivity index is 1.96. The van der Waals surface area contributed by atoms with E-state index < -0.39 is 5.95 Å². The van der Waals surface area contributed by atoms with Gasteiger partial charge in [-0.1, -0.05) is 19.4 Å². The number of hydrogen-bond acceptors (Lipinski definition) is 5. The number of aryl methyl sites for hydroxylation is 1. The summed E-state index contributed by atoms with van der Waals surface area (Å²) in [5.41, 5.74) is 2.38. The number of rotatable bonds is 6. The van der Waals surface area contributed by atoms with Gasteiger partial charge in [0.1, 0.15) is 11.4 Å². The average Bonchev–Trinajstić information content (AvgIpc) is 3.04. The van der Waals surface area contributed by atoms with Crippen molar-refractivity contribution >= 4 is 5.78 Å². The minimum absolute atomic E-state index is 0.108. The lowest BCUT2D eigenvalue weighted by Crippen LogP contribution is -2.11. The fourth-order valence-corrected chi connectivity index (χ4v) is 2.56. The number of carbonyl (C=O) groups is 1. The van der Waals surface area contributed by atoms with Crippen LogP contribution in [0.25, 0.3) is 11.5 Å². The molecule has 0 spiro atoms. The molecule has 0 bridgehead atoms. The minimum atomic E-state index is -0.552. The zero-order valence-electron chi connectivity index (χ0n) is 14.1. The van der Waals surface area contributed by atoms with Gasteiger partial charge in [0.05, 0.1) is 24.1 Å². The zero-order valence-corrected chi connectivity index (χ0v) is 14.1. The van der Waals surface area contributed by atoms with Crippen LogP contribution in [0.4, 0.5) is 4.39 Å². The van der Waals surface area contributed by atoms with Crippen molar-refractivity contribution in [1.29, 1.82) is 0 Å². The molecule has 3 aromatic heterocycles. The van der Waals surface area contributed by atoms with E-state index in [4.69, 9.17) is 0 Å². The lowest BCUT2D eigenvalue weighted by atomic mass is 10.1. The SMILES string of the molecule is CCCc1nc(C(C)=O)cnc1Cn1ccnc1-c1cccc(F)n1. The van der Waals surface area contributed by atoms with Gasteiger partial charge in [0.15, 0.2) is 11.6 Å². The lowest BCUT2D eigenvalue weighted by molar-refractivity contribution is 0.101. The molecule has 3 aromatic rings. The van der Waals surface area contributed by atoms with Crippen molar-refractivity contribution in [1.82, 2.24) is 24.5 Å². The number of hydrogen-bond donors (Lipinski definition) is 0. The van der Waals surface area contributed by atoms with E-state index in [0.29, 0.717) is 23.8 Å². The molecule has 6 nitrogen and oxygen atoms in total. The number of Topliss-reactive ketones (excluding diaryl/α,β-unsaturated/α-hetero) is 1. The molecular weight excluding hydrogens is 321 g/mol. The van der Waals surface area contributed by atoms with Crippen molar-refractivity contribution < 1.29 is 9.18 Å². The fourth-order valence-electron chi connectivity index (χ4n) is 2.56. The summed E-state index contributed by atoms with van der Waals surface area (Å²) in [4.78, 5) is 28.6. The van der Waals surface area contributed by atoms with Gasteiger partial charge in [-0.2, -0.15) is 4.39 Å². The molecular formula is C18H18FN5O. The molecule has 0 saturated carbocycles. The first-order chi connectivity index (χ1) is 12.1. The second-order valence-corrected chi connectivity index (χ2v) is 5.68. The van der Waals surface area contributed by atoms with Crippen molar-refractivity contribution in [2.45, 2.75) is 33.2 Å². The van der Waals surface area contributed by atoms with Crippen LogP contribution in [0.1, 0.15) is 42.1 Å². The molecule has 0 unspecified atom stereocenters. The molecule has 128 valence electrons. The third-order valence-electron chi connectivity index (χ3n) is 3.76. The lowest BCUT2D eigenvalue weighted by Gasteiger charge is -2.11. The van der Waals surface area contributed by atoms with Crippen molar-refractivity contribution in [3.63, 3.8) is 0 Å². The second-order valence-electron chi connectivity index (χ2n) is 5.68. The third kappa shape index (κ3) is 3.76. The smallest absolute Gasteiger partial charge is 0.213 e. The van der Waals surface area contributed by atoms with E-state index in [1.165, 1.54) is 19.2 Å². The maximum atomic E-state index is 13.4. The van der Waals surface area contributed by atoms with E-state index in [2.05, 4.69) is 19.9 Å². The van der Waals surface area contributed by atoms with E-state index in [9.17, 15) is 9.18 Å². The molecule has 0 aliphatic carbocycles. The van der Waals surface area contributed by atoms with Crippen LogP contribution in [-0.4, -0.2) is 30.3 Å². The molecule has 0 aliphatic rings. The van der Waals surface area contributed by atoms with Crippen LogP contribution < -0.4 is 0 Å². The van der Waals surface area contributed by atoms with Gasteiger partial charge in [0, 0.05) is 19.3 Å². The Hall–Kier alpha value is -2.96. The monoisotopic (exact) mass is 339 g/mol. The Kier molecular flexibility index (Phi) is 4.92. The van der Waals surface area contributed by atoms with Crippen LogP contribution in [0, 0.1) is 5.95 Å². The highest BCUT2D eigenvalue weighted by molar-refractivity contribution is 5.91. The summed E-state index contributed by atoms with van der Waals surface area (Å²) in [5, 5.41) is 0. The number of ketones is 1.